The molecule has 2 aromatic rings. The molecule has 0 bridgehead atoms. The Balaban J connectivity index is 1.73. The van der Waals surface area contributed by atoms with Gasteiger partial charge in [0.25, 0.3) is 0 Å². The fourth-order valence-corrected chi connectivity index (χ4v) is 5.20. The predicted molar refractivity (Wildman–Crippen MR) is 125 cm³/mol. The minimum atomic E-state index is -0.0534. The molecule has 4 rings (SSSR count). The minimum Gasteiger partial charge on any atom is -0.347 e. The topological polar surface area (TPSA) is 6.25 Å². The summed E-state index contributed by atoms with van der Waals surface area (Å²) >= 11 is 0. The van der Waals surface area contributed by atoms with Crippen LogP contribution in [0.25, 0.3) is 0 Å². The molecule has 0 amide bonds. The Morgan fingerprint density at radius 1 is 1.00 bits per heavy atom. The first-order valence-electron chi connectivity index (χ1n) is 10.4. The first kappa shape index (κ1) is 19.4. The third-order valence-electron chi connectivity index (χ3n) is 6.79. The molecule has 2 heteroatoms. The number of para-hydroxylation sites is 2. The molecule has 0 N–H and O–H groups in total. The smallest absolute Gasteiger partial charge is 0.209 e. The van der Waals surface area contributed by atoms with Crippen LogP contribution >= 0.6 is 0 Å². The van der Waals surface area contributed by atoms with E-state index >= 15 is 0 Å². The van der Waals surface area contributed by atoms with Gasteiger partial charge in [0.15, 0.2) is 5.71 Å². The molecule has 2 heterocycles. The van der Waals surface area contributed by atoms with Gasteiger partial charge >= 0.3 is 0 Å². The fourth-order valence-electron chi connectivity index (χ4n) is 5.20. The van der Waals surface area contributed by atoms with Crippen molar-refractivity contribution in [2.24, 2.45) is 0 Å². The van der Waals surface area contributed by atoms with E-state index < -0.39 is 0 Å². The lowest BCUT2D eigenvalue weighted by atomic mass is 9.78. The van der Waals surface area contributed by atoms with E-state index in [4.69, 9.17) is 0 Å². The molecular weight excluding hydrogens is 352 g/mol. The molecule has 0 aromatic heterocycles. The summed E-state index contributed by atoms with van der Waals surface area (Å²) in [7, 11) is 4.33. The summed E-state index contributed by atoms with van der Waals surface area (Å²) in [6.07, 6.45) is 9.73. The SMILES string of the molecule is C=CCC1(C)/C(=C\C=C\C2=[N+](C)c3ccccc3C2(C)C)N(C)c2ccccc21. The number of allylic oxidation sites excluding steroid dienone is 5. The molecule has 1 unspecified atom stereocenters. The Labute approximate surface area is 175 Å². The van der Waals surface area contributed by atoms with Crippen LogP contribution in [0.1, 0.15) is 38.3 Å². The monoisotopic (exact) mass is 383 g/mol. The lowest BCUT2D eigenvalue weighted by Crippen LogP contribution is -2.27. The number of likely N-dealkylation sites (N-methyl/N-ethyl adjacent to an activating group) is 1. The summed E-state index contributed by atoms with van der Waals surface area (Å²) in [5.74, 6) is 0. The normalized spacial score (nSPS) is 23.8. The molecule has 0 fully saturated rings. The molecule has 0 saturated carbocycles. The summed E-state index contributed by atoms with van der Waals surface area (Å²) in [6, 6.07) is 17.4. The molecule has 2 aromatic carbocycles. The van der Waals surface area contributed by atoms with Crippen LogP contribution < -0.4 is 4.90 Å². The molecule has 0 radical (unpaired) electrons. The van der Waals surface area contributed by atoms with Gasteiger partial charge in [-0.2, -0.15) is 4.58 Å². The third-order valence-corrected chi connectivity index (χ3v) is 6.79. The Hall–Kier alpha value is -2.87. The van der Waals surface area contributed by atoms with Crippen LogP contribution in [-0.4, -0.2) is 24.4 Å². The van der Waals surface area contributed by atoms with E-state index in [2.05, 4.69) is 118 Å². The summed E-state index contributed by atoms with van der Waals surface area (Å²) in [6.45, 7) is 11.0. The van der Waals surface area contributed by atoms with Gasteiger partial charge in [0.1, 0.15) is 7.05 Å². The predicted octanol–water partition coefficient (Wildman–Crippen LogP) is 6.12. The minimum absolute atomic E-state index is 0.00465. The first-order chi connectivity index (χ1) is 13.8. The molecule has 148 valence electrons. The van der Waals surface area contributed by atoms with Crippen molar-refractivity contribution in [3.8, 4) is 0 Å². The van der Waals surface area contributed by atoms with Crippen LogP contribution in [0.3, 0.4) is 0 Å². The maximum Gasteiger partial charge on any atom is 0.209 e. The van der Waals surface area contributed by atoms with Gasteiger partial charge < -0.3 is 4.90 Å². The quantitative estimate of drug-likeness (QED) is 0.455. The molecule has 0 saturated heterocycles. The van der Waals surface area contributed by atoms with Crippen molar-refractivity contribution in [1.29, 1.82) is 0 Å². The van der Waals surface area contributed by atoms with Crippen molar-refractivity contribution in [2.45, 2.75) is 38.0 Å². The van der Waals surface area contributed by atoms with Crippen molar-refractivity contribution < 1.29 is 4.58 Å². The number of nitrogens with zero attached hydrogens (tertiary/aromatic N) is 2. The van der Waals surface area contributed by atoms with Crippen molar-refractivity contribution >= 4 is 17.1 Å². The molecule has 29 heavy (non-hydrogen) atoms. The largest absolute Gasteiger partial charge is 0.347 e. The van der Waals surface area contributed by atoms with Crippen LogP contribution in [0, 0.1) is 0 Å². The lowest BCUT2D eigenvalue weighted by molar-refractivity contribution is -0.401. The van der Waals surface area contributed by atoms with Crippen molar-refractivity contribution in [2.75, 3.05) is 19.0 Å². The number of fused-ring (bicyclic) bond motifs is 2. The van der Waals surface area contributed by atoms with Gasteiger partial charge in [-0.15, -0.1) is 6.58 Å². The summed E-state index contributed by atoms with van der Waals surface area (Å²) < 4.78 is 2.32. The third kappa shape index (κ3) is 2.81. The van der Waals surface area contributed by atoms with Crippen LogP contribution in [0.2, 0.25) is 0 Å². The van der Waals surface area contributed by atoms with E-state index in [0.717, 1.165) is 6.42 Å². The maximum atomic E-state index is 4.02. The van der Waals surface area contributed by atoms with Crippen molar-refractivity contribution in [3.63, 3.8) is 0 Å². The van der Waals surface area contributed by atoms with E-state index in [0.29, 0.717) is 0 Å². The molecular formula is C27H31N2+. The number of hydrogen-bond donors (Lipinski definition) is 0. The highest BCUT2D eigenvalue weighted by Gasteiger charge is 2.43. The zero-order chi connectivity index (χ0) is 20.8. The highest BCUT2D eigenvalue weighted by Crippen LogP contribution is 2.49. The van der Waals surface area contributed by atoms with Gasteiger partial charge in [-0.3, -0.25) is 0 Å². The van der Waals surface area contributed by atoms with Crippen LogP contribution in [0.15, 0.2) is 85.1 Å². The van der Waals surface area contributed by atoms with Crippen LogP contribution in [0.4, 0.5) is 11.4 Å². The highest BCUT2D eigenvalue weighted by molar-refractivity contribution is 6.03. The van der Waals surface area contributed by atoms with Gasteiger partial charge in [-0.25, -0.2) is 0 Å². The van der Waals surface area contributed by atoms with Gasteiger partial charge in [0.05, 0.1) is 5.41 Å². The average Bonchev–Trinajstić information content (AvgIpc) is 3.04. The van der Waals surface area contributed by atoms with Crippen molar-refractivity contribution in [1.82, 2.24) is 0 Å². The lowest BCUT2D eigenvalue weighted by Gasteiger charge is -2.27. The molecule has 1 atom stereocenters. The van der Waals surface area contributed by atoms with Crippen molar-refractivity contribution in [3.05, 3.63) is 96.2 Å². The number of rotatable bonds is 4. The number of benzene rings is 2. The second kappa shape index (κ2) is 6.88. The summed E-state index contributed by atoms with van der Waals surface area (Å²) in [4.78, 5) is 2.33. The average molecular weight is 384 g/mol. The van der Waals surface area contributed by atoms with E-state index in [1.54, 1.807) is 0 Å². The molecule has 2 nitrogen and oxygen atoms in total. The standard InChI is InChI=1S/C27H31N2/c1-7-19-27(4)21-14-9-11-16-23(21)29(6)25(27)18-12-17-24-26(2,3)20-13-8-10-15-22(20)28(24)5/h7-18H,1,19H2,2-6H3/q+1. The second-order valence-electron chi connectivity index (χ2n) is 8.90. The fraction of sp³-hybridized carbons (Fsp3) is 0.296. The Bertz CT molecular complexity index is 1070. The summed E-state index contributed by atoms with van der Waals surface area (Å²) in [5, 5.41) is 0. The zero-order valence-electron chi connectivity index (χ0n) is 18.2. The van der Waals surface area contributed by atoms with E-state index in [-0.39, 0.29) is 10.8 Å². The van der Waals surface area contributed by atoms with E-state index in [1.807, 2.05) is 6.08 Å². The number of anilines is 1. The Kier molecular flexibility index (Phi) is 4.61. The molecule has 2 aliphatic rings. The van der Waals surface area contributed by atoms with Crippen LogP contribution in [-0.2, 0) is 10.8 Å². The molecule has 2 aliphatic heterocycles. The Morgan fingerprint density at radius 2 is 1.66 bits per heavy atom. The van der Waals surface area contributed by atoms with Crippen LogP contribution in [0.5, 0.6) is 0 Å². The number of hydrogen-bond acceptors (Lipinski definition) is 1. The van der Waals surface area contributed by atoms with Gasteiger partial charge in [-0.1, -0.05) is 48.6 Å². The van der Waals surface area contributed by atoms with Gasteiger partial charge in [0, 0.05) is 41.6 Å². The van der Waals surface area contributed by atoms with Gasteiger partial charge in [0.2, 0.25) is 5.69 Å². The van der Waals surface area contributed by atoms with Gasteiger partial charge in [-0.05, 0) is 44.9 Å². The summed E-state index contributed by atoms with van der Waals surface area (Å²) in [5.41, 5.74) is 7.92. The second-order valence-corrected chi connectivity index (χ2v) is 8.90. The van der Waals surface area contributed by atoms with E-state index in [1.165, 1.54) is 33.9 Å². The molecule has 0 spiro atoms. The maximum absolute atomic E-state index is 4.02. The first-order valence-corrected chi connectivity index (χ1v) is 10.4. The van der Waals surface area contributed by atoms with E-state index in [9.17, 15) is 0 Å². The zero-order valence-corrected chi connectivity index (χ0v) is 18.2. The molecule has 0 aliphatic carbocycles. The highest BCUT2D eigenvalue weighted by atomic mass is 15.2. The Morgan fingerprint density at radius 3 is 2.34 bits per heavy atom.